The van der Waals surface area contributed by atoms with Gasteiger partial charge in [-0.1, -0.05) is 24.3 Å². The van der Waals surface area contributed by atoms with Gasteiger partial charge in [-0.2, -0.15) is 0 Å². The Morgan fingerprint density at radius 3 is 2.35 bits per heavy atom. The van der Waals surface area contributed by atoms with Crippen molar-refractivity contribution in [2.45, 2.75) is 58.8 Å². The Bertz CT molecular complexity index is 525. The molecule has 0 aromatic heterocycles. The van der Waals surface area contributed by atoms with Crippen LogP contribution in [0.1, 0.15) is 44.7 Å². The Balaban J connectivity index is 1.93. The molecule has 0 heterocycles. The van der Waals surface area contributed by atoms with Crippen molar-refractivity contribution in [2.75, 3.05) is 14.1 Å². The van der Waals surface area contributed by atoms with Crippen molar-refractivity contribution in [3.8, 4) is 0 Å². The Morgan fingerprint density at radius 2 is 1.78 bits per heavy atom. The fourth-order valence-electron chi connectivity index (χ4n) is 2.71. The highest BCUT2D eigenvalue weighted by Gasteiger charge is 2.32. The Morgan fingerprint density at radius 1 is 1.17 bits per heavy atom. The highest BCUT2D eigenvalue weighted by Crippen LogP contribution is 2.34. The summed E-state index contributed by atoms with van der Waals surface area (Å²) in [6.45, 7) is 8.01. The Labute approximate surface area is 140 Å². The first-order chi connectivity index (χ1) is 10.9. The molecule has 1 aromatic carbocycles. The van der Waals surface area contributed by atoms with Crippen molar-refractivity contribution < 1.29 is 4.79 Å². The lowest BCUT2D eigenvalue weighted by atomic mass is 10.1. The maximum atomic E-state index is 12.3. The zero-order valence-electron chi connectivity index (χ0n) is 15.2. The lowest BCUT2D eigenvalue weighted by Gasteiger charge is -2.26. The van der Waals surface area contributed by atoms with Gasteiger partial charge in [-0.15, -0.1) is 0 Å². The van der Waals surface area contributed by atoms with Gasteiger partial charge >= 0.3 is 6.03 Å². The fourth-order valence-corrected chi connectivity index (χ4v) is 2.71. The standard InChI is InChI=1S/C19H31N3O/c1-14(2)21(4)13-18-9-7-6-8-17(18)12-20-19(23)22(5)15(3)16-10-11-16/h6-9,14-16H,10-13H2,1-5H3,(H,20,23). The molecular formula is C19H31N3O. The van der Waals surface area contributed by atoms with Crippen LogP contribution in [-0.4, -0.2) is 42.0 Å². The summed E-state index contributed by atoms with van der Waals surface area (Å²) in [4.78, 5) is 16.5. The summed E-state index contributed by atoms with van der Waals surface area (Å²) in [7, 11) is 4.03. The van der Waals surface area contributed by atoms with Gasteiger partial charge < -0.3 is 10.2 Å². The van der Waals surface area contributed by atoms with Crippen LogP contribution in [0.25, 0.3) is 0 Å². The van der Waals surface area contributed by atoms with Crippen molar-refractivity contribution in [3.63, 3.8) is 0 Å². The van der Waals surface area contributed by atoms with Gasteiger partial charge in [-0.25, -0.2) is 4.79 Å². The van der Waals surface area contributed by atoms with Gasteiger partial charge in [0.1, 0.15) is 0 Å². The molecule has 1 saturated carbocycles. The van der Waals surface area contributed by atoms with Gasteiger partial charge in [-0.3, -0.25) is 4.90 Å². The van der Waals surface area contributed by atoms with Crippen molar-refractivity contribution in [1.82, 2.24) is 15.1 Å². The van der Waals surface area contributed by atoms with E-state index in [2.05, 4.69) is 56.2 Å². The molecule has 1 aliphatic carbocycles. The van der Waals surface area contributed by atoms with Gasteiger partial charge in [0.15, 0.2) is 0 Å². The van der Waals surface area contributed by atoms with E-state index in [0.29, 0.717) is 24.5 Å². The third kappa shape index (κ3) is 4.96. The summed E-state index contributed by atoms with van der Waals surface area (Å²) in [5.41, 5.74) is 2.47. The molecule has 0 bridgehead atoms. The van der Waals surface area contributed by atoms with E-state index in [1.165, 1.54) is 24.0 Å². The highest BCUT2D eigenvalue weighted by atomic mass is 16.2. The van der Waals surface area contributed by atoms with E-state index in [4.69, 9.17) is 0 Å². The number of carbonyl (C=O) groups is 1. The quantitative estimate of drug-likeness (QED) is 0.836. The molecule has 0 spiro atoms. The summed E-state index contributed by atoms with van der Waals surface area (Å²) in [6, 6.07) is 9.22. The molecule has 0 aliphatic heterocycles. The van der Waals surface area contributed by atoms with E-state index >= 15 is 0 Å². The molecule has 2 amide bonds. The van der Waals surface area contributed by atoms with Crippen molar-refractivity contribution in [2.24, 2.45) is 5.92 Å². The lowest BCUT2D eigenvalue weighted by Crippen LogP contribution is -2.43. The minimum atomic E-state index is 0.0245. The van der Waals surface area contributed by atoms with Gasteiger partial charge in [0, 0.05) is 32.2 Å². The maximum absolute atomic E-state index is 12.3. The topological polar surface area (TPSA) is 35.6 Å². The van der Waals surface area contributed by atoms with Crippen molar-refractivity contribution in [3.05, 3.63) is 35.4 Å². The summed E-state index contributed by atoms with van der Waals surface area (Å²) in [6.07, 6.45) is 2.51. The molecule has 4 heteroatoms. The van der Waals surface area contributed by atoms with Gasteiger partial charge in [-0.05, 0) is 57.7 Å². The van der Waals surface area contributed by atoms with Gasteiger partial charge in [0.2, 0.25) is 0 Å². The number of benzene rings is 1. The number of hydrogen-bond donors (Lipinski definition) is 1. The highest BCUT2D eigenvalue weighted by molar-refractivity contribution is 5.74. The van der Waals surface area contributed by atoms with E-state index in [1.807, 2.05) is 18.0 Å². The molecule has 1 unspecified atom stereocenters. The molecule has 0 radical (unpaired) electrons. The summed E-state index contributed by atoms with van der Waals surface area (Å²) < 4.78 is 0. The number of nitrogens with zero attached hydrogens (tertiary/aromatic N) is 2. The Hall–Kier alpha value is -1.55. The average molecular weight is 317 g/mol. The van der Waals surface area contributed by atoms with Crippen LogP contribution in [-0.2, 0) is 13.1 Å². The van der Waals surface area contributed by atoms with E-state index in [9.17, 15) is 4.79 Å². The van der Waals surface area contributed by atoms with E-state index in [-0.39, 0.29) is 6.03 Å². The molecule has 1 fully saturated rings. The maximum Gasteiger partial charge on any atom is 0.317 e. The van der Waals surface area contributed by atoms with E-state index in [1.54, 1.807) is 0 Å². The van der Waals surface area contributed by atoms with Crippen LogP contribution >= 0.6 is 0 Å². The summed E-state index contributed by atoms with van der Waals surface area (Å²) >= 11 is 0. The first kappa shape index (κ1) is 17.8. The third-order valence-corrected chi connectivity index (χ3v) is 5.09. The molecule has 128 valence electrons. The van der Waals surface area contributed by atoms with Crippen LogP contribution < -0.4 is 5.32 Å². The summed E-state index contributed by atoms with van der Waals surface area (Å²) in [5.74, 6) is 0.692. The van der Waals surface area contributed by atoms with Gasteiger partial charge in [0.05, 0.1) is 0 Å². The fraction of sp³-hybridized carbons (Fsp3) is 0.632. The molecule has 1 aliphatic rings. The molecule has 1 aromatic rings. The molecule has 1 atom stereocenters. The zero-order valence-corrected chi connectivity index (χ0v) is 15.2. The SMILES string of the molecule is CC(C)N(C)Cc1ccccc1CNC(=O)N(C)C(C)C1CC1. The molecule has 0 saturated heterocycles. The summed E-state index contributed by atoms with van der Waals surface area (Å²) in [5, 5.41) is 3.07. The second-order valence-electron chi connectivity index (χ2n) is 7.13. The van der Waals surface area contributed by atoms with Crippen LogP contribution in [0.3, 0.4) is 0 Å². The van der Waals surface area contributed by atoms with Crippen LogP contribution in [0.4, 0.5) is 4.79 Å². The lowest BCUT2D eigenvalue weighted by molar-refractivity contribution is 0.187. The van der Waals surface area contributed by atoms with Crippen molar-refractivity contribution >= 4 is 6.03 Å². The number of rotatable bonds is 7. The number of nitrogens with one attached hydrogen (secondary N) is 1. The molecule has 23 heavy (non-hydrogen) atoms. The first-order valence-electron chi connectivity index (χ1n) is 8.67. The van der Waals surface area contributed by atoms with Gasteiger partial charge in [0.25, 0.3) is 0 Å². The van der Waals surface area contributed by atoms with Crippen LogP contribution in [0.5, 0.6) is 0 Å². The Kier molecular flexibility index (Phi) is 6.05. The predicted molar refractivity (Wildman–Crippen MR) is 95.2 cm³/mol. The number of carbonyl (C=O) groups excluding carboxylic acids is 1. The van der Waals surface area contributed by atoms with Crippen LogP contribution in [0.15, 0.2) is 24.3 Å². The third-order valence-electron chi connectivity index (χ3n) is 5.09. The minimum absolute atomic E-state index is 0.0245. The second-order valence-corrected chi connectivity index (χ2v) is 7.13. The first-order valence-corrected chi connectivity index (χ1v) is 8.67. The molecule has 1 N–H and O–H groups in total. The van der Waals surface area contributed by atoms with Crippen LogP contribution in [0, 0.1) is 5.92 Å². The normalized spacial score (nSPS) is 15.8. The molecule has 2 rings (SSSR count). The monoisotopic (exact) mass is 317 g/mol. The largest absolute Gasteiger partial charge is 0.334 e. The van der Waals surface area contributed by atoms with Crippen LogP contribution in [0.2, 0.25) is 0 Å². The minimum Gasteiger partial charge on any atom is -0.334 e. The number of hydrogen-bond acceptors (Lipinski definition) is 2. The molecular weight excluding hydrogens is 286 g/mol. The van der Waals surface area contributed by atoms with Crippen molar-refractivity contribution in [1.29, 1.82) is 0 Å². The van der Waals surface area contributed by atoms with E-state index < -0.39 is 0 Å². The average Bonchev–Trinajstić information content (AvgIpc) is 3.37. The number of urea groups is 1. The smallest absolute Gasteiger partial charge is 0.317 e. The zero-order chi connectivity index (χ0) is 17.0. The predicted octanol–water partition coefficient (Wildman–Crippen LogP) is 3.47. The second kappa shape index (κ2) is 7.82. The molecule has 4 nitrogen and oxygen atoms in total. The number of amides is 2. The van der Waals surface area contributed by atoms with E-state index in [0.717, 1.165) is 6.54 Å².